The summed E-state index contributed by atoms with van der Waals surface area (Å²) in [6, 6.07) is 0. The van der Waals surface area contributed by atoms with Gasteiger partial charge in [0.2, 0.25) is 0 Å². The van der Waals surface area contributed by atoms with E-state index in [1.807, 2.05) is 0 Å². The van der Waals surface area contributed by atoms with Crippen LogP contribution in [0.15, 0.2) is 23.3 Å². The molecule has 0 aromatic rings. The standard InChI is InChI=1S/C31H50O2/c1-8-23(20(2)3)10-9-21(4)27-13-14-28-26-12-11-24-19-25(33-22(5)32)15-17-30(24,6)29(26)16-18-31(27,28)7/h8,11,20-21,25-29H,9-10,12-19H2,1-7H3. The van der Waals surface area contributed by atoms with E-state index >= 15 is 0 Å². The fourth-order valence-electron chi connectivity index (χ4n) is 9.30. The molecule has 0 amide bonds. The minimum atomic E-state index is -0.118. The Morgan fingerprint density at radius 2 is 1.88 bits per heavy atom. The van der Waals surface area contributed by atoms with E-state index < -0.39 is 0 Å². The van der Waals surface area contributed by atoms with E-state index in [1.54, 1.807) is 18.1 Å². The Morgan fingerprint density at radius 1 is 1.12 bits per heavy atom. The van der Waals surface area contributed by atoms with Crippen LogP contribution in [0.3, 0.4) is 0 Å². The van der Waals surface area contributed by atoms with Crippen molar-refractivity contribution >= 4 is 5.97 Å². The third kappa shape index (κ3) is 4.50. The predicted octanol–water partition coefficient (Wildman–Crippen LogP) is 8.52. The lowest BCUT2D eigenvalue weighted by molar-refractivity contribution is -0.148. The van der Waals surface area contributed by atoms with E-state index in [1.165, 1.54) is 51.4 Å². The van der Waals surface area contributed by atoms with Crippen LogP contribution in [0, 0.1) is 46.3 Å². The summed E-state index contributed by atoms with van der Waals surface area (Å²) in [5, 5.41) is 0. The molecular weight excluding hydrogens is 404 g/mol. The maximum atomic E-state index is 11.5. The summed E-state index contributed by atoms with van der Waals surface area (Å²) in [5.41, 5.74) is 4.13. The molecule has 0 spiro atoms. The number of esters is 1. The third-order valence-electron chi connectivity index (χ3n) is 11.2. The second-order valence-electron chi connectivity index (χ2n) is 13.0. The Hall–Kier alpha value is -1.05. The Labute approximate surface area is 204 Å². The summed E-state index contributed by atoms with van der Waals surface area (Å²) in [6.07, 6.45) is 17.9. The van der Waals surface area contributed by atoms with Crippen molar-refractivity contribution in [2.45, 2.75) is 119 Å². The fraction of sp³-hybridized carbons (Fsp3) is 0.839. The first-order valence-corrected chi connectivity index (χ1v) is 14.1. The first-order valence-electron chi connectivity index (χ1n) is 14.1. The van der Waals surface area contributed by atoms with E-state index in [9.17, 15) is 4.79 Å². The van der Waals surface area contributed by atoms with Crippen LogP contribution >= 0.6 is 0 Å². The predicted molar refractivity (Wildman–Crippen MR) is 138 cm³/mol. The molecule has 0 heterocycles. The smallest absolute Gasteiger partial charge is 0.302 e. The maximum absolute atomic E-state index is 11.5. The van der Waals surface area contributed by atoms with E-state index in [-0.39, 0.29) is 12.1 Å². The lowest BCUT2D eigenvalue weighted by atomic mass is 9.47. The quantitative estimate of drug-likeness (QED) is 0.297. The fourth-order valence-corrected chi connectivity index (χ4v) is 9.30. The van der Waals surface area contributed by atoms with Crippen molar-refractivity contribution in [3.8, 4) is 0 Å². The monoisotopic (exact) mass is 454 g/mol. The van der Waals surface area contributed by atoms with Crippen molar-refractivity contribution < 1.29 is 9.53 Å². The van der Waals surface area contributed by atoms with E-state index in [0.29, 0.717) is 16.7 Å². The van der Waals surface area contributed by atoms with Crippen LogP contribution in [0.25, 0.3) is 0 Å². The summed E-state index contributed by atoms with van der Waals surface area (Å²) in [4.78, 5) is 11.5. The van der Waals surface area contributed by atoms with Crippen LogP contribution < -0.4 is 0 Å². The number of ether oxygens (including phenoxy) is 1. The molecule has 4 rings (SSSR count). The number of carbonyl (C=O) groups excluding carboxylic acids is 1. The van der Waals surface area contributed by atoms with Crippen molar-refractivity contribution in [2.75, 3.05) is 0 Å². The van der Waals surface area contributed by atoms with Crippen molar-refractivity contribution in [1.29, 1.82) is 0 Å². The summed E-state index contributed by atoms with van der Waals surface area (Å²) < 4.78 is 5.63. The van der Waals surface area contributed by atoms with Crippen LogP contribution in [0.2, 0.25) is 0 Å². The Bertz CT molecular complexity index is 791. The highest BCUT2D eigenvalue weighted by molar-refractivity contribution is 5.66. The number of rotatable bonds is 6. The molecule has 0 aromatic heterocycles. The minimum Gasteiger partial charge on any atom is -0.462 e. The molecule has 0 saturated heterocycles. The van der Waals surface area contributed by atoms with Gasteiger partial charge in [0, 0.05) is 13.3 Å². The molecule has 0 radical (unpaired) electrons. The summed E-state index contributed by atoms with van der Waals surface area (Å²) in [7, 11) is 0. The number of carbonyl (C=O) groups is 1. The third-order valence-corrected chi connectivity index (χ3v) is 11.2. The van der Waals surface area contributed by atoms with Gasteiger partial charge in [0.1, 0.15) is 6.10 Å². The maximum Gasteiger partial charge on any atom is 0.302 e. The average Bonchev–Trinajstić information content (AvgIpc) is 3.11. The van der Waals surface area contributed by atoms with Gasteiger partial charge < -0.3 is 4.74 Å². The second-order valence-corrected chi connectivity index (χ2v) is 13.0. The highest BCUT2D eigenvalue weighted by atomic mass is 16.5. The molecule has 8 unspecified atom stereocenters. The van der Waals surface area contributed by atoms with Crippen molar-refractivity contribution in [1.82, 2.24) is 0 Å². The van der Waals surface area contributed by atoms with Gasteiger partial charge >= 0.3 is 5.97 Å². The second kappa shape index (κ2) is 9.54. The van der Waals surface area contributed by atoms with E-state index in [2.05, 4.69) is 53.7 Å². The van der Waals surface area contributed by atoms with E-state index in [0.717, 1.165) is 42.4 Å². The molecule has 33 heavy (non-hydrogen) atoms. The number of allylic oxidation sites excluding steroid dienone is 3. The number of hydrogen-bond acceptors (Lipinski definition) is 2. The molecule has 186 valence electrons. The van der Waals surface area contributed by atoms with Crippen molar-refractivity contribution in [3.63, 3.8) is 0 Å². The number of fused-ring (bicyclic) bond motifs is 5. The molecule has 0 N–H and O–H groups in total. The van der Waals surface area contributed by atoms with Gasteiger partial charge in [0.15, 0.2) is 0 Å². The number of hydrogen-bond donors (Lipinski definition) is 0. The highest BCUT2D eigenvalue weighted by Crippen LogP contribution is 2.67. The van der Waals surface area contributed by atoms with Gasteiger partial charge in [-0.3, -0.25) is 4.79 Å². The molecule has 0 aliphatic heterocycles. The SMILES string of the molecule is CC=C(CCC(C)C1CCC2C3CC=C4CC(OC(C)=O)CCC4(C)C3CCC12C)C(C)C. The van der Waals surface area contributed by atoms with Gasteiger partial charge in [-0.25, -0.2) is 0 Å². The Balaban J connectivity index is 1.47. The van der Waals surface area contributed by atoms with Gasteiger partial charge in [0.25, 0.3) is 0 Å². The van der Waals surface area contributed by atoms with Gasteiger partial charge in [-0.1, -0.05) is 57.9 Å². The van der Waals surface area contributed by atoms with Crippen LogP contribution in [0.5, 0.6) is 0 Å². The van der Waals surface area contributed by atoms with Crippen LogP contribution in [-0.4, -0.2) is 12.1 Å². The lowest BCUT2D eigenvalue weighted by Gasteiger charge is -2.58. The van der Waals surface area contributed by atoms with Crippen LogP contribution in [0.4, 0.5) is 0 Å². The summed E-state index contributed by atoms with van der Waals surface area (Å²) in [5.74, 6) is 4.88. The zero-order chi connectivity index (χ0) is 24.0. The van der Waals surface area contributed by atoms with Gasteiger partial charge in [-0.2, -0.15) is 0 Å². The lowest BCUT2D eigenvalue weighted by Crippen LogP contribution is -2.51. The topological polar surface area (TPSA) is 26.3 Å². The Kier molecular flexibility index (Phi) is 7.24. The average molecular weight is 455 g/mol. The molecule has 3 fully saturated rings. The van der Waals surface area contributed by atoms with E-state index in [4.69, 9.17) is 4.74 Å². The molecule has 2 heteroatoms. The molecule has 4 aliphatic rings. The largest absolute Gasteiger partial charge is 0.462 e. The highest BCUT2D eigenvalue weighted by Gasteiger charge is 2.59. The zero-order valence-electron chi connectivity index (χ0n) is 22.6. The molecular formula is C31H50O2. The van der Waals surface area contributed by atoms with Crippen LogP contribution in [-0.2, 0) is 9.53 Å². The molecule has 8 atom stereocenters. The van der Waals surface area contributed by atoms with Gasteiger partial charge in [0.05, 0.1) is 0 Å². The molecule has 4 aliphatic carbocycles. The zero-order valence-corrected chi connectivity index (χ0v) is 22.6. The summed E-state index contributed by atoms with van der Waals surface area (Å²) in [6.45, 7) is 16.3. The minimum absolute atomic E-state index is 0.108. The molecule has 2 nitrogen and oxygen atoms in total. The Morgan fingerprint density at radius 3 is 2.55 bits per heavy atom. The first-order chi connectivity index (χ1) is 15.6. The van der Waals surface area contributed by atoms with Crippen molar-refractivity contribution in [3.05, 3.63) is 23.3 Å². The van der Waals surface area contributed by atoms with Gasteiger partial charge in [-0.05, 0) is 111 Å². The molecule has 3 saturated carbocycles. The molecule has 0 bridgehead atoms. The van der Waals surface area contributed by atoms with Gasteiger partial charge in [-0.15, -0.1) is 0 Å². The normalized spacial score (nSPS) is 41.6. The van der Waals surface area contributed by atoms with Crippen molar-refractivity contribution in [2.24, 2.45) is 46.3 Å². The van der Waals surface area contributed by atoms with Crippen LogP contribution in [0.1, 0.15) is 113 Å². The first kappa shape index (κ1) is 25.1. The summed E-state index contributed by atoms with van der Waals surface area (Å²) >= 11 is 0. The molecule has 0 aromatic carbocycles.